The molecule has 1 aliphatic heterocycles. The number of amides is 1. The highest BCUT2D eigenvalue weighted by Gasteiger charge is 2.49. The number of ketones is 1. The van der Waals surface area contributed by atoms with E-state index < -0.39 is 17.7 Å². The predicted octanol–water partition coefficient (Wildman–Crippen LogP) is 7.34. The number of benzene rings is 2. The highest BCUT2D eigenvalue weighted by Crippen LogP contribution is 2.46. The summed E-state index contributed by atoms with van der Waals surface area (Å²) in [5.41, 5.74) is 3.76. The fourth-order valence-corrected chi connectivity index (χ4v) is 7.28. The molecular formula is C34H30ClN5O5S2. The van der Waals surface area contributed by atoms with Crippen LogP contribution in [0.4, 0.5) is 5.13 Å². The number of carbonyl (C=O) groups is 2. The van der Waals surface area contributed by atoms with Gasteiger partial charge in [0.1, 0.15) is 17.9 Å². The third-order valence-electron chi connectivity index (χ3n) is 7.57. The molecule has 1 fully saturated rings. The van der Waals surface area contributed by atoms with Crippen molar-refractivity contribution in [2.45, 2.75) is 36.9 Å². The maximum atomic E-state index is 13.9. The Morgan fingerprint density at radius 3 is 2.62 bits per heavy atom. The number of imidazole rings is 1. The molecule has 13 heteroatoms. The van der Waals surface area contributed by atoms with Crippen molar-refractivity contribution in [1.82, 2.24) is 19.6 Å². The molecule has 1 atom stereocenters. The van der Waals surface area contributed by atoms with Crippen LogP contribution in [0.2, 0.25) is 5.02 Å². The minimum absolute atomic E-state index is 0.119. The van der Waals surface area contributed by atoms with Crippen LogP contribution in [0, 0.1) is 13.8 Å². The van der Waals surface area contributed by atoms with E-state index in [9.17, 15) is 14.7 Å². The van der Waals surface area contributed by atoms with Gasteiger partial charge in [-0.3, -0.25) is 14.5 Å². The number of thioether (sulfide) groups is 1. The lowest BCUT2D eigenvalue weighted by molar-refractivity contribution is -0.132. The van der Waals surface area contributed by atoms with Crippen LogP contribution < -0.4 is 14.4 Å². The third kappa shape index (κ3) is 6.23. The summed E-state index contributed by atoms with van der Waals surface area (Å²) >= 11 is 8.65. The van der Waals surface area contributed by atoms with Gasteiger partial charge >= 0.3 is 5.91 Å². The highest BCUT2D eigenvalue weighted by atomic mass is 35.5. The Bertz CT molecular complexity index is 2040. The number of aryl methyl sites for hydroxylation is 2. The molecule has 6 rings (SSSR count). The number of rotatable bonds is 11. The number of Topliss-reactive ketones (excluding diaryl/α,β-unsaturated/α-hetero) is 1. The molecule has 0 radical (unpaired) electrons. The van der Waals surface area contributed by atoms with Gasteiger partial charge in [-0.05, 0) is 67.8 Å². The van der Waals surface area contributed by atoms with Gasteiger partial charge in [0.05, 0.1) is 23.9 Å². The standard InChI is InChI=1S/C34H30ClN5O5S2/c1-5-16-45-24-14-11-22(17-25(24)44-6-2)28-26(29(41)27-20(4)39-15-7-8-19(3)31(39)36-27)30(42)32(43)40(28)33-37-38-34(47-33)46-18-21-9-12-23(35)13-10-21/h5,7-15,17,28,41H,1,6,16,18H2,2-4H3/b29-26+. The summed E-state index contributed by atoms with van der Waals surface area (Å²) in [6.45, 7) is 9.86. The number of aliphatic hydroxyl groups excluding tert-OH is 1. The summed E-state index contributed by atoms with van der Waals surface area (Å²) in [7, 11) is 0. The topological polar surface area (TPSA) is 119 Å². The van der Waals surface area contributed by atoms with Crippen molar-refractivity contribution < 1.29 is 24.2 Å². The van der Waals surface area contributed by atoms with Gasteiger partial charge in [0, 0.05) is 17.0 Å². The van der Waals surface area contributed by atoms with Crippen molar-refractivity contribution in [2.75, 3.05) is 18.1 Å². The van der Waals surface area contributed by atoms with Gasteiger partial charge in [-0.25, -0.2) is 4.98 Å². The maximum Gasteiger partial charge on any atom is 0.301 e. The van der Waals surface area contributed by atoms with Crippen molar-refractivity contribution >= 4 is 62.9 Å². The average Bonchev–Trinajstić information content (AvgIpc) is 3.75. The van der Waals surface area contributed by atoms with E-state index in [0.717, 1.165) is 11.1 Å². The Hall–Kier alpha value is -4.65. The van der Waals surface area contributed by atoms with Crippen LogP contribution >= 0.6 is 34.7 Å². The molecule has 2 aromatic carbocycles. The van der Waals surface area contributed by atoms with E-state index >= 15 is 0 Å². The zero-order valence-electron chi connectivity index (χ0n) is 25.8. The van der Waals surface area contributed by atoms with Gasteiger partial charge in [-0.15, -0.1) is 10.2 Å². The number of hydrogen-bond donors (Lipinski definition) is 1. The molecule has 10 nitrogen and oxygen atoms in total. The lowest BCUT2D eigenvalue weighted by Gasteiger charge is -2.23. The number of carbonyl (C=O) groups excluding carboxylic acids is 2. The summed E-state index contributed by atoms with van der Waals surface area (Å²) in [5, 5.41) is 21.3. The Kier molecular flexibility index (Phi) is 9.35. The number of hydrogen-bond acceptors (Lipinski definition) is 10. The molecule has 5 aromatic rings. The minimum Gasteiger partial charge on any atom is -0.505 e. The molecule has 1 saturated heterocycles. The number of pyridine rings is 1. The van der Waals surface area contributed by atoms with E-state index in [-0.39, 0.29) is 28.8 Å². The van der Waals surface area contributed by atoms with Crippen molar-refractivity contribution in [3.63, 3.8) is 0 Å². The van der Waals surface area contributed by atoms with Crippen molar-refractivity contribution in [3.05, 3.63) is 112 Å². The highest BCUT2D eigenvalue weighted by molar-refractivity contribution is 8.00. The van der Waals surface area contributed by atoms with Crippen molar-refractivity contribution in [2.24, 2.45) is 0 Å². The molecule has 1 unspecified atom stereocenters. The van der Waals surface area contributed by atoms with E-state index in [2.05, 4.69) is 21.8 Å². The number of ether oxygens (including phenoxy) is 2. The second kappa shape index (κ2) is 13.6. The van der Waals surface area contributed by atoms with Crippen LogP contribution in [0.3, 0.4) is 0 Å². The first-order valence-electron chi connectivity index (χ1n) is 14.7. The lowest BCUT2D eigenvalue weighted by atomic mass is 9.96. The van der Waals surface area contributed by atoms with Gasteiger partial charge < -0.3 is 19.0 Å². The van der Waals surface area contributed by atoms with Gasteiger partial charge in [0.25, 0.3) is 5.78 Å². The number of aliphatic hydroxyl groups is 1. The second-order valence-electron chi connectivity index (χ2n) is 10.6. The van der Waals surface area contributed by atoms with E-state index in [1.165, 1.54) is 28.0 Å². The molecule has 0 spiro atoms. The van der Waals surface area contributed by atoms with Crippen LogP contribution in [0.1, 0.15) is 41.0 Å². The number of aromatic nitrogens is 4. The van der Waals surface area contributed by atoms with E-state index in [0.29, 0.717) is 50.1 Å². The van der Waals surface area contributed by atoms with Crippen molar-refractivity contribution in [1.29, 1.82) is 0 Å². The summed E-state index contributed by atoms with van der Waals surface area (Å²) < 4.78 is 14.1. The number of fused-ring (bicyclic) bond motifs is 1. The molecule has 0 bridgehead atoms. The van der Waals surface area contributed by atoms with Gasteiger partial charge in [0.2, 0.25) is 5.13 Å². The Morgan fingerprint density at radius 1 is 1.11 bits per heavy atom. The monoisotopic (exact) mass is 687 g/mol. The van der Waals surface area contributed by atoms with Crippen LogP contribution in [-0.2, 0) is 15.3 Å². The molecule has 0 aliphatic carbocycles. The normalized spacial score (nSPS) is 15.8. The van der Waals surface area contributed by atoms with Crippen LogP contribution in [0.15, 0.2) is 83.4 Å². The van der Waals surface area contributed by atoms with Gasteiger partial charge in [-0.2, -0.15) is 0 Å². The molecule has 240 valence electrons. The van der Waals surface area contributed by atoms with Crippen LogP contribution in [0.5, 0.6) is 11.5 Å². The molecule has 4 heterocycles. The average molecular weight is 688 g/mol. The molecule has 1 aliphatic rings. The fourth-order valence-electron chi connectivity index (χ4n) is 5.33. The van der Waals surface area contributed by atoms with Gasteiger partial charge in [0.15, 0.2) is 21.6 Å². The zero-order chi connectivity index (χ0) is 33.2. The second-order valence-corrected chi connectivity index (χ2v) is 13.2. The summed E-state index contributed by atoms with van der Waals surface area (Å²) in [6.07, 6.45) is 3.45. The summed E-state index contributed by atoms with van der Waals surface area (Å²) in [6, 6.07) is 15.4. The number of halogens is 1. The first-order chi connectivity index (χ1) is 22.7. The largest absolute Gasteiger partial charge is 0.505 e. The van der Waals surface area contributed by atoms with Crippen molar-refractivity contribution in [3.8, 4) is 11.5 Å². The first-order valence-corrected chi connectivity index (χ1v) is 16.9. The quantitative estimate of drug-likeness (QED) is 0.0380. The molecular weight excluding hydrogens is 658 g/mol. The SMILES string of the molecule is C=CCOc1ccc(C2/C(=C(\O)c3nc4c(C)cccn4c3C)C(=O)C(=O)N2c2nnc(SCc3ccc(Cl)cc3)s2)cc1OCC. The molecule has 47 heavy (non-hydrogen) atoms. The molecule has 1 amide bonds. The molecule has 0 saturated carbocycles. The van der Waals surface area contributed by atoms with Gasteiger partial charge in [-0.1, -0.05) is 71.6 Å². The van der Waals surface area contributed by atoms with E-state index in [1.54, 1.807) is 31.2 Å². The van der Waals surface area contributed by atoms with Crippen LogP contribution in [0.25, 0.3) is 11.4 Å². The minimum atomic E-state index is -1.06. The molecule has 1 N–H and O–H groups in total. The summed E-state index contributed by atoms with van der Waals surface area (Å²) in [5.74, 6) is -0.613. The molecule has 3 aromatic heterocycles. The summed E-state index contributed by atoms with van der Waals surface area (Å²) in [4.78, 5) is 33.7. The Morgan fingerprint density at radius 2 is 1.89 bits per heavy atom. The lowest BCUT2D eigenvalue weighted by Crippen LogP contribution is -2.29. The predicted molar refractivity (Wildman–Crippen MR) is 184 cm³/mol. The first kappa shape index (κ1) is 32.3. The van der Waals surface area contributed by atoms with E-state index in [4.69, 9.17) is 21.1 Å². The Balaban J connectivity index is 1.47. The smallest absolute Gasteiger partial charge is 0.301 e. The fraction of sp³-hybridized carbons (Fsp3) is 0.206. The Labute approximate surface area is 284 Å². The maximum absolute atomic E-state index is 13.9. The number of anilines is 1. The van der Waals surface area contributed by atoms with Crippen LogP contribution in [-0.4, -0.2) is 49.6 Å². The number of nitrogens with zero attached hydrogens (tertiary/aromatic N) is 5. The zero-order valence-corrected chi connectivity index (χ0v) is 28.2. The van der Waals surface area contributed by atoms with E-state index in [1.807, 2.05) is 60.8 Å². The third-order valence-corrected chi connectivity index (χ3v) is 9.95.